The Bertz CT molecular complexity index is 635. The topological polar surface area (TPSA) is 61.6 Å². The van der Waals surface area contributed by atoms with E-state index in [1.54, 1.807) is 24.9 Å². The first-order valence-electron chi connectivity index (χ1n) is 7.35. The van der Waals surface area contributed by atoms with Crippen molar-refractivity contribution in [1.82, 2.24) is 9.88 Å². The van der Waals surface area contributed by atoms with E-state index in [9.17, 15) is 4.79 Å². The van der Waals surface area contributed by atoms with Crippen molar-refractivity contribution in [2.24, 2.45) is 0 Å². The van der Waals surface area contributed by atoms with Gasteiger partial charge in [0.05, 0.1) is 36.6 Å². The Morgan fingerprint density at radius 1 is 1.41 bits per heavy atom. The summed E-state index contributed by atoms with van der Waals surface area (Å²) in [6.07, 6.45) is 8.85. The average Bonchev–Trinajstić information content (AvgIpc) is 3.21. The highest BCUT2D eigenvalue weighted by atomic mass is 16.3. The first-order chi connectivity index (χ1) is 10.6. The molecule has 1 N–H and O–H groups in total. The largest absolute Gasteiger partial charge is 0.472 e. The van der Waals surface area contributed by atoms with E-state index in [0.717, 1.165) is 29.8 Å². The third-order valence-corrected chi connectivity index (χ3v) is 3.70. The molecule has 116 valence electrons. The molecule has 0 saturated heterocycles. The molecular formula is C16H20N4O2. The van der Waals surface area contributed by atoms with Crippen molar-refractivity contribution in [2.75, 3.05) is 24.3 Å². The molecule has 6 nitrogen and oxygen atoms in total. The van der Waals surface area contributed by atoms with E-state index in [2.05, 4.69) is 10.3 Å². The fourth-order valence-electron chi connectivity index (χ4n) is 2.37. The van der Waals surface area contributed by atoms with Crippen molar-refractivity contribution >= 4 is 17.4 Å². The summed E-state index contributed by atoms with van der Waals surface area (Å²) >= 11 is 0. The Balaban J connectivity index is 1.74. The van der Waals surface area contributed by atoms with Crippen molar-refractivity contribution in [3.8, 4) is 0 Å². The molecule has 2 amide bonds. The van der Waals surface area contributed by atoms with Gasteiger partial charge in [-0.3, -0.25) is 4.98 Å². The summed E-state index contributed by atoms with van der Waals surface area (Å²) in [4.78, 5) is 20.5. The van der Waals surface area contributed by atoms with Gasteiger partial charge in [0.25, 0.3) is 0 Å². The Morgan fingerprint density at radius 3 is 2.86 bits per heavy atom. The number of rotatable bonds is 5. The number of aromatic nitrogens is 1. The zero-order chi connectivity index (χ0) is 15.5. The maximum absolute atomic E-state index is 12.6. The second kappa shape index (κ2) is 6.09. The van der Waals surface area contributed by atoms with Gasteiger partial charge in [0.1, 0.15) is 0 Å². The number of carbonyl (C=O) groups excluding carboxylic acids is 1. The number of furan rings is 1. The van der Waals surface area contributed by atoms with Crippen LogP contribution in [0.5, 0.6) is 0 Å². The molecule has 0 bridgehead atoms. The number of urea groups is 1. The second-order valence-corrected chi connectivity index (χ2v) is 5.71. The normalized spacial score (nSPS) is 13.7. The lowest BCUT2D eigenvalue weighted by Crippen LogP contribution is -2.36. The van der Waals surface area contributed by atoms with Crippen LogP contribution in [-0.4, -0.2) is 36.1 Å². The first-order valence-corrected chi connectivity index (χ1v) is 7.35. The summed E-state index contributed by atoms with van der Waals surface area (Å²) < 4.78 is 5.09. The molecule has 2 aromatic heterocycles. The molecular weight excluding hydrogens is 280 g/mol. The Morgan fingerprint density at radius 2 is 2.23 bits per heavy atom. The van der Waals surface area contributed by atoms with E-state index >= 15 is 0 Å². The number of carbonyl (C=O) groups is 1. The zero-order valence-corrected chi connectivity index (χ0v) is 12.8. The summed E-state index contributed by atoms with van der Waals surface area (Å²) in [6, 6.07) is 3.94. The summed E-state index contributed by atoms with van der Waals surface area (Å²) in [5, 5.41) is 3.00. The minimum absolute atomic E-state index is 0.0852. The van der Waals surface area contributed by atoms with E-state index < -0.39 is 0 Å². The summed E-state index contributed by atoms with van der Waals surface area (Å²) in [5.41, 5.74) is 2.65. The predicted octanol–water partition coefficient (Wildman–Crippen LogP) is 2.94. The summed E-state index contributed by atoms with van der Waals surface area (Å²) in [5.74, 6) is 0. The van der Waals surface area contributed by atoms with Crippen molar-refractivity contribution < 1.29 is 9.21 Å². The number of amides is 2. The molecule has 0 spiro atoms. The summed E-state index contributed by atoms with van der Waals surface area (Å²) in [6.45, 7) is 0.565. The molecule has 1 fully saturated rings. The molecule has 0 aliphatic heterocycles. The fraction of sp³-hybridized carbons (Fsp3) is 0.375. The minimum Gasteiger partial charge on any atom is -0.472 e. The lowest BCUT2D eigenvalue weighted by Gasteiger charge is -2.24. The quantitative estimate of drug-likeness (QED) is 0.922. The molecule has 1 aliphatic rings. The van der Waals surface area contributed by atoms with E-state index in [1.807, 2.05) is 36.0 Å². The van der Waals surface area contributed by atoms with Gasteiger partial charge in [0, 0.05) is 31.9 Å². The third-order valence-electron chi connectivity index (χ3n) is 3.70. The molecule has 0 radical (unpaired) electrons. The van der Waals surface area contributed by atoms with Gasteiger partial charge in [0.15, 0.2) is 0 Å². The lowest BCUT2D eigenvalue weighted by molar-refractivity contribution is 0.206. The molecule has 0 aromatic carbocycles. The van der Waals surface area contributed by atoms with Crippen LogP contribution >= 0.6 is 0 Å². The number of anilines is 2. The van der Waals surface area contributed by atoms with E-state index in [-0.39, 0.29) is 6.03 Å². The van der Waals surface area contributed by atoms with Gasteiger partial charge in [-0.2, -0.15) is 0 Å². The predicted molar refractivity (Wildman–Crippen MR) is 84.9 cm³/mol. The number of pyridine rings is 1. The van der Waals surface area contributed by atoms with Gasteiger partial charge < -0.3 is 19.5 Å². The maximum atomic E-state index is 12.6. The van der Waals surface area contributed by atoms with E-state index in [1.165, 1.54) is 0 Å². The first kappa shape index (κ1) is 14.4. The van der Waals surface area contributed by atoms with Crippen molar-refractivity contribution in [3.05, 3.63) is 42.6 Å². The summed E-state index contributed by atoms with van der Waals surface area (Å²) in [7, 11) is 3.85. The molecule has 22 heavy (non-hydrogen) atoms. The van der Waals surface area contributed by atoms with Crippen molar-refractivity contribution in [1.29, 1.82) is 0 Å². The highest BCUT2D eigenvalue weighted by Gasteiger charge is 2.33. The van der Waals surface area contributed by atoms with Crippen LogP contribution < -0.4 is 10.2 Å². The van der Waals surface area contributed by atoms with Crippen LogP contribution in [0.3, 0.4) is 0 Å². The van der Waals surface area contributed by atoms with Gasteiger partial charge >= 0.3 is 6.03 Å². The lowest BCUT2D eigenvalue weighted by atomic mass is 10.3. The molecule has 3 rings (SSSR count). The van der Waals surface area contributed by atoms with Crippen LogP contribution in [0, 0.1) is 0 Å². The number of nitrogens with one attached hydrogen (secondary N) is 1. The van der Waals surface area contributed by atoms with Gasteiger partial charge in [-0.15, -0.1) is 0 Å². The molecule has 2 heterocycles. The molecule has 1 aliphatic carbocycles. The van der Waals surface area contributed by atoms with Crippen LogP contribution in [0.25, 0.3) is 0 Å². The monoisotopic (exact) mass is 300 g/mol. The Kier molecular flexibility index (Phi) is 4.00. The standard InChI is InChI=1S/C16H20N4O2/c1-19(2)15-9-17-7-5-14(15)18-16(21)20(13-3-4-13)10-12-6-8-22-11-12/h5-9,11,13H,3-4,10H2,1-2H3,(H,17,18,21). The van der Waals surface area contributed by atoms with Crippen LogP contribution in [-0.2, 0) is 6.54 Å². The smallest absolute Gasteiger partial charge is 0.322 e. The second-order valence-electron chi connectivity index (χ2n) is 5.71. The Labute approximate surface area is 129 Å². The van der Waals surface area contributed by atoms with Crippen LogP contribution in [0.2, 0.25) is 0 Å². The Hall–Kier alpha value is -2.50. The minimum atomic E-state index is -0.0852. The van der Waals surface area contributed by atoms with Gasteiger partial charge in [-0.1, -0.05) is 0 Å². The van der Waals surface area contributed by atoms with Crippen molar-refractivity contribution in [3.63, 3.8) is 0 Å². The van der Waals surface area contributed by atoms with Gasteiger partial charge in [-0.25, -0.2) is 4.79 Å². The van der Waals surface area contributed by atoms with Crippen LogP contribution in [0.4, 0.5) is 16.2 Å². The SMILES string of the molecule is CN(C)c1cnccc1NC(=O)N(Cc1ccoc1)C1CC1. The van der Waals surface area contributed by atoms with Crippen LogP contribution in [0.15, 0.2) is 41.5 Å². The molecule has 0 atom stereocenters. The molecule has 6 heteroatoms. The van der Waals surface area contributed by atoms with Crippen LogP contribution in [0.1, 0.15) is 18.4 Å². The molecule has 1 saturated carbocycles. The highest BCUT2D eigenvalue weighted by molar-refractivity contribution is 5.93. The maximum Gasteiger partial charge on any atom is 0.322 e. The fourth-order valence-corrected chi connectivity index (χ4v) is 2.37. The van der Waals surface area contributed by atoms with E-state index in [4.69, 9.17) is 4.42 Å². The third kappa shape index (κ3) is 3.21. The van der Waals surface area contributed by atoms with E-state index in [0.29, 0.717) is 12.6 Å². The van der Waals surface area contributed by atoms with Gasteiger partial charge in [0.2, 0.25) is 0 Å². The number of hydrogen-bond acceptors (Lipinski definition) is 4. The molecule has 0 unspecified atom stereocenters. The van der Waals surface area contributed by atoms with Gasteiger partial charge in [-0.05, 0) is 25.0 Å². The average molecular weight is 300 g/mol. The number of nitrogens with zero attached hydrogens (tertiary/aromatic N) is 3. The molecule has 2 aromatic rings. The number of hydrogen-bond donors (Lipinski definition) is 1. The zero-order valence-electron chi connectivity index (χ0n) is 12.8. The highest BCUT2D eigenvalue weighted by Crippen LogP contribution is 2.30. The van der Waals surface area contributed by atoms with Crippen molar-refractivity contribution in [2.45, 2.75) is 25.4 Å².